The quantitative estimate of drug-likeness (QED) is 0.672. The molecule has 9 nitrogen and oxygen atoms in total. The standard InChI is InChI=1S/C10H12N4O5S/c1-10(5-13-11-2-3-12-13)8(9(16)17)14-6(15)4-7(14)20(10,18)19/h2-3,7-8H,4-5H2,1H3,(H,16,17)/t7-,8-,10-/m0/s1. The van der Waals surface area contributed by atoms with Gasteiger partial charge in [-0.15, -0.1) is 0 Å². The number of nitrogens with zero attached hydrogens (tertiary/aromatic N) is 4. The van der Waals surface area contributed by atoms with Crippen LogP contribution in [-0.4, -0.2) is 61.5 Å². The maximum absolute atomic E-state index is 12.5. The Bertz CT molecular complexity index is 685. The summed E-state index contributed by atoms with van der Waals surface area (Å²) in [5, 5.41) is 15.9. The molecule has 0 saturated carbocycles. The molecule has 1 aromatic rings. The molecule has 3 atom stereocenters. The molecule has 0 aliphatic carbocycles. The molecule has 0 unspecified atom stereocenters. The zero-order chi connectivity index (χ0) is 14.7. The van der Waals surface area contributed by atoms with Gasteiger partial charge in [-0.2, -0.15) is 15.0 Å². The maximum atomic E-state index is 12.5. The third-order valence-electron chi connectivity index (χ3n) is 3.97. The van der Waals surface area contributed by atoms with Crippen molar-refractivity contribution in [1.29, 1.82) is 0 Å². The fourth-order valence-electron chi connectivity index (χ4n) is 2.89. The minimum absolute atomic E-state index is 0.158. The summed E-state index contributed by atoms with van der Waals surface area (Å²) >= 11 is 0. The Labute approximate surface area is 114 Å². The lowest BCUT2D eigenvalue weighted by molar-refractivity contribution is -0.157. The molecule has 2 saturated heterocycles. The monoisotopic (exact) mass is 300 g/mol. The molecule has 2 fully saturated rings. The van der Waals surface area contributed by atoms with E-state index < -0.39 is 37.9 Å². The lowest BCUT2D eigenvalue weighted by Crippen LogP contribution is -2.58. The average Bonchev–Trinajstić information content (AvgIpc) is 2.87. The number of amides is 1. The van der Waals surface area contributed by atoms with Crippen LogP contribution in [0.2, 0.25) is 0 Å². The molecular weight excluding hydrogens is 288 g/mol. The second-order valence-corrected chi connectivity index (χ2v) is 7.68. The van der Waals surface area contributed by atoms with E-state index in [2.05, 4.69) is 10.2 Å². The number of hydrogen-bond donors (Lipinski definition) is 1. The van der Waals surface area contributed by atoms with Crippen molar-refractivity contribution < 1.29 is 23.1 Å². The van der Waals surface area contributed by atoms with Gasteiger partial charge in [0.05, 0.1) is 25.4 Å². The highest BCUT2D eigenvalue weighted by Crippen LogP contribution is 2.46. The molecule has 1 amide bonds. The van der Waals surface area contributed by atoms with Crippen LogP contribution >= 0.6 is 0 Å². The van der Waals surface area contributed by atoms with Gasteiger partial charge >= 0.3 is 5.97 Å². The van der Waals surface area contributed by atoms with Gasteiger partial charge in [-0.25, -0.2) is 13.2 Å². The van der Waals surface area contributed by atoms with E-state index in [1.165, 1.54) is 19.3 Å². The van der Waals surface area contributed by atoms with Crippen molar-refractivity contribution in [3.8, 4) is 0 Å². The van der Waals surface area contributed by atoms with Crippen LogP contribution < -0.4 is 0 Å². The van der Waals surface area contributed by atoms with Crippen LogP contribution in [0.3, 0.4) is 0 Å². The Kier molecular flexibility index (Phi) is 2.46. The van der Waals surface area contributed by atoms with Gasteiger partial charge in [-0.05, 0) is 6.92 Å². The fourth-order valence-corrected chi connectivity index (χ4v) is 5.24. The SMILES string of the molecule is C[C@]1(Cn2nccn2)[C@H](C(=O)O)N2C(=O)C[C@@H]2S1(=O)=O. The number of hydrogen-bond acceptors (Lipinski definition) is 6. The van der Waals surface area contributed by atoms with Crippen molar-refractivity contribution in [3.63, 3.8) is 0 Å². The molecule has 10 heteroatoms. The third kappa shape index (κ3) is 1.39. The van der Waals surface area contributed by atoms with E-state index in [0.29, 0.717) is 0 Å². The topological polar surface area (TPSA) is 122 Å². The Morgan fingerprint density at radius 2 is 2.10 bits per heavy atom. The number of rotatable bonds is 3. The average molecular weight is 300 g/mol. The van der Waals surface area contributed by atoms with Gasteiger partial charge in [-0.3, -0.25) is 4.79 Å². The second-order valence-electron chi connectivity index (χ2n) is 5.12. The van der Waals surface area contributed by atoms with Crippen molar-refractivity contribution in [2.24, 2.45) is 0 Å². The Balaban J connectivity index is 2.10. The lowest BCUT2D eigenvalue weighted by Gasteiger charge is -2.35. The van der Waals surface area contributed by atoms with Gasteiger partial charge in [-0.1, -0.05) is 0 Å². The number of aromatic nitrogens is 3. The molecule has 0 radical (unpaired) electrons. The fraction of sp³-hybridized carbons (Fsp3) is 0.600. The number of carbonyl (C=O) groups excluding carboxylic acids is 1. The van der Waals surface area contributed by atoms with E-state index in [-0.39, 0.29) is 13.0 Å². The van der Waals surface area contributed by atoms with Crippen LogP contribution in [0, 0.1) is 0 Å². The Hall–Kier alpha value is -1.97. The number of fused-ring (bicyclic) bond motifs is 1. The minimum Gasteiger partial charge on any atom is -0.480 e. The second kappa shape index (κ2) is 3.78. The number of carboxylic acids is 1. The van der Waals surface area contributed by atoms with Crippen LogP contribution in [0.15, 0.2) is 12.4 Å². The number of sulfone groups is 1. The molecule has 3 heterocycles. The minimum atomic E-state index is -3.81. The maximum Gasteiger partial charge on any atom is 0.328 e. The van der Waals surface area contributed by atoms with Gasteiger partial charge in [0, 0.05) is 0 Å². The first-order valence-electron chi connectivity index (χ1n) is 5.90. The van der Waals surface area contributed by atoms with Crippen molar-refractivity contribution in [3.05, 3.63) is 12.4 Å². The van der Waals surface area contributed by atoms with Crippen LogP contribution in [-0.2, 0) is 26.0 Å². The summed E-state index contributed by atoms with van der Waals surface area (Å²) in [7, 11) is -3.81. The molecule has 1 N–H and O–H groups in total. The van der Waals surface area contributed by atoms with Gasteiger partial charge in [0.25, 0.3) is 0 Å². The van der Waals surface area contributed by atoms with Gasteiger partial charge in [0.2, 0.25) is 5.91 Å². The molecule has 2 aliphatic rings. The van der Waals surface area contributed by atoms with E-state index in [1.54, 1.807) is 0 Å². The number of carboxylic acid groups (broad SMARTS) is 1. The van der Waals surface area contributed by atoms with Crippen LogP contribution in [0.1, 0.15) is 13.3 Å². The van der Waals surface area contributed by atoms with E-state index in [9.17, 15) is 23.1 Å². The summed E-state index contributed by atoms with van der Waals surface area (Å²) in [6.45, 7) is 1.12. The van der Waals surface area contributed by atoms with Crippen molar-refractivity contribution >= 4 is 21.7 Å². The highest BCUT2D eigenvalue weighted by Gasteiger charge is 2.70. The van der Waals surface area contributed by atoms with Crippen molar-refractivity contribution in [1.82, 2.24) is 19.9 Å². The molecule has 0 bridgehead atoms. The first kappa shape index (κ1) is 13.0. The predicted molar refractivity (Wildman–Crippen MR) is 64.0 cm³/mol. The zero-order valence-corrected chi connectivity index (χ0v) is 11.3. The van der Waals surface area contributed by atoms with E-state index in [1.807, 2.05) is 0 Å². The lowest BCUT2D eigenvalue weighted by atomic mass is 9.96. The molecule has 1 aromatic heterocycles. The number of aliphatic carboxylic acids is 1. The molecular formula is C10H12N4O5S. The van der Waals surface area contributed by atoms with Gasteiger partial charge in [0.1, 0.15) is 10.1 Å². The molecule has 2 aliphatic heterocycles. The molecule has 0 spiro atoms. The van der Waals surface area contributed by atoms with Crippen LogP contribution in [0.4, 0.5) is 0 Å². The van der Waals surface area contributed by atoms with Crippen molar-refractivity contribution in [2.45, 2.75) is 36.1 Å². The highest BCUT2D eigenvalue weighted by atomic mass is 32.2. The largest absolute Gasteiger partial charge is 0.480 e. The summed E-state index contributed by atoms with van der Waals surface area (Å²) in [5.41, 5.74) is 0. The predicted octanol–water partition coefficient (Wildman–Crippen LogP) is -1.52. The van der Waals surface area contributed by atoms with E-state index >= 15 is 0 Å². The molecule has 108 valence electrons. The Morgan fingerprint density at radius 1 is 1.50 bits per heavy atom. The summed E-state index contributed by atoms with van der Waals surface area (Å²) in [4.78, 5) is 25.1. The highest BCUT2D eigenvalue weighted by molar-refractivity contribution is 7.93. The molecule has 0 aromatic carbocycles. The summed E-state index contributed by atoms with van der Waals surface area (Å²) < 4.78 is 23.4. The van der Waals surface area contributed by atoms with Crippen LogP contribution in [0.5, 0.6) is 0 Å². The van der Waals surface area contributed by atoms with Crippen molar-refractivity contribution in [2.75, 3.05) is 0 Å². The first-order valence-corrected chi connectivity index (χ1v) is 7.45. The number of carbonyl (C=O) groups is 2. The normalized spacial score (nSPS) is 34.6. The van der Waals surface area contributed by atoms with Gasteiger partial charge in [0.15, 0.2) is 15.9 Å². The molecule has 20 heavy (non-hydrogen) atoms. The summed E-state index contributed by atoms with van der Waals surface area (Å²) in [6, 6.07) is -1.41. The zero-order valence-electron chi connectivity index (χ0n) is 10.5. The number of β-lactam (4-membered cyclic amide) rings is 1. The van der Waals surface area contributed by atoms with E-state index in [4.69, 9.17) is 0 Å². The van der Waals surface area contributed by atoms with Crippen LogP contribution in [0.25, 0.3) is 0 Å². The molecule has 3 rings (SSSR count). The summed E-state index contributed by atoms with van der Waals surface area (Å²) in [5.74, 6) is -1.79. The summed E-state index contributed by atoms with van der Waals surface area (Å²) in [6.07, 6.45) is 2.59. The first-order chi connectivity index (χ1) is 9.29. The third-order valence-corrected chi connectivity index (χ3v) is 6.73. The van der Waals surface area contributed by atoms with Gasteiger partial charge < -0.3 is 10.0 Å². The Morgan fingerprint density at radius 3 is 2.60 bits per heavy atom. The van der Waals surface area contributed by atoms with E-state index in [0.717, 1.165) is 9.70 Å². The smallest absolute Gasteiger partial charge is 0.328 e.